The molecule has 0 bridgehead atoms. The highest BCUT2D eigenvalue weighted by Crippen LogP contribution is 2.70. The van der Waals surface area contributed by atoms with Gasteiger partial charge in [0.25, 0.3) is 0 Å². The summed E-state index contributed by atoms with van der Waals surface area (Å²) in [5.74, 6) is 0.811. The van der Waals surface area contributed by atoms with E-state index in [1.165, 1.54) is 24.8 Å². The SMILES string of the molecule is CCNC(CCCc1ccccc1)C1C(C)(C)C1(C)C. The second-order valence-corrected chi connectivity index (χ2v) is 7.46. The largest absolute Gasteiger partial charge is 0.314 e. The van der Waals surface area contributed by atoms with Crippen molar-refractivity contribution in [1.29, 1.82) is 0 Å². The van der Waals surface area contributed by atoms with E-state index >= 15 is 0 Å². The van der Waals surface area contributed by atoms with Gasteiger partial charge in [-0.15, -0.1) is 0 Å². The summed E-state index contributed by atoms with van der Waals surface area (Å²) < 4.78 is 0. The van der Waals surface area contributed by atoms with Gasteiger partial charge in [-0.1, -0.05) is 65.0 Å². The van der Waals surface area contributed by atoms with E-state index in [1.807, 2.05) is 0 Å². The molecule has 1 aliphatic carbocycles. The van der Waals surface area contributed by atoms with Gasteiger partial charge in [-0.3, -0.25) is 0 Å². The molecule has 1 nitrogen and oxygen atoms in total. The molecule has 0 amide bonds. The van der Waals surface area contributed by atoms with Crippen molar-refractivity contribution in [2.24, 2.45) is 16.7 Å². The molecule has 0 spiro atoms. The first-order valence-electron chi connectivity index (χ1n) is 8.18. The van der Waals surface area contributed by atoms with Gasteiger partial charge >= 0.3 is 0 Å². The predicted octanol–water partition coefficient (Wildman–Crippen LogP) is 4.67. The van der Waals surface area contributed by atoms with Gasteiger partial charge in [0.15, 0.2) is 0 Å². The van der Waals surface area contributed by atoms with Crippen LogP contribution < -0.4 is 5.32 Å². The predicted molar refractivity (Wildman–Crippen MR) is 87.9 cm³/mol. The average Bonchev–Trinajstić information content (AvgIpc) is 2.80. The van der Waals surface area contributed by atoms with E-state index in [0.29, 0.717) is 16.9 Å². The van der Waals surface area contributed by atoms with Crippen LogP contribution in [0.15, 0.2) is 30.3 Å². The quantitative estimate of drug-likeness (QED) is 0.761. The van der Waals surface area contributed by atoms with Gasteiger partial charge in [-0.25, -0.2) is 0 Å². The fraction of sp³-hybridized carbons (Fsp3) is 0.684. The van der Waals surface area contributed by atoms with Crippen LogP contribution in [0.25, 0.3) is 0 Å². The van der Waals surface area contributed by atoms with Crippen LogP contribution >= 0.6 is 0 Å². The van der Waals surface area contributed by atoms with Gasteiger partial charge in [0.2, 0.25) is 0 Å². The molecule has 0 heterocycles. The zero-order valence-corrected chi connectivity index (χ0v) is 13.9. The van der Waals surface area contributed by atoms with Gasteiger partial charge in [0, 0.05) is 6.04 Å². The Labute approximate surface area is 125 Å². The molecule has 1 aliphatic rings. The van der Waals surface area contributed by atoms with Crippen LogP contribution in [0, 0.1) is 16.7 Å². The fourth-order valence-electron chi connectivity index (χ4n) is 4.07. The lowest BCUT2D eigenvalue weighted by atomic mass is 9.97. The van der Waals surface area contributed by atoms with Gasteiger partial charge < -0.3 is 5.32 Å². The number of hydrogen-bond donors (Lipinski definition) is 1. The zero-order chi connectivity index (χ0) is 14.8. The highest BCUT2D eigenvalue weighted by atomic mass is 15.0. The molecule has 2 rings (SSSR count). The molecular formula is C19H31N. The summed E-state index contributed by atoms with van der Waals surface area (Å²) >= 11 is 0. The zero-order valence-electron chi connectivity index (χ0n) is 13.9. The Balaban J connectivity index is 1.88. The van der Waals surface area contributed by atoms with Gasteiger partial charge in [0.1, 0.15) is 0 Å². The maximum absolute atomic E-state index is 3.74. The second kappa shape index (κ2) is 5.89. The summed E-state index contributed by atoms with van der Waals surface area (Å²) in [7, 11) is 0. The van der Waals surface area contributed by atoms with Crippen molar-refractivity contribution in [2.75, 3.05) is 6.54 Å². The molecule has 1 saturated carbocycles. The minimum atomic E-state index is 0.479. The lowest BCUT2D eigenvalue weighted by Gasteiger charge is -2.20. The molecule has 0 aliphatic heterocycles. The van der Waals surface area contributed by atoms with E-state index < -0.39 is 0 Å². The Bertz CT molecular complexity index is 405. The highest BCUT2D eigenvalue weighted by Gasteiger charge is 2.66. The van der Waals surface area contributed by atoms with Crippen molar-refractivity contribution in [1.82, 2.24) is 5.32 Å². The number of nitrogens with one attached hydrogen (secondary N) is 1. The first kappa shape index (κ1) is 15.6. The first-order valence-corrected chi connectivity index (χ1v) is 8.18. The monoisotopic (exact) mass is 273 g/mol. The van der Waals surface area contributed by atoms with Crippen LogP contribution in [0.3, 0.4) is 0 Å². The Morgan fingerprint density at radius 2 is 1.65 bits per heavy atom. The lowest BCUT2D eigenvalue weighted by molar-refractivity contribution is 0.376. The molecule has 1 unspecified atom stereocenters. The maximum Gasteiger partial charge on any atom is 0.0106 e. The number of benzene rings is 1. The summed E-state index contributed by atoms with van der Waals surface area (Å²) in [6.45, 7) is 13.0. The Morgan fingerprint density at radius 3 is 2.15 bits per heavy atom. The van der Waals surface area contributed by atoms with Crippen molar-refractivity contribution < 1.29 is 0 Å². The van der Waals surface area contributed by atoms with Crippen LogP contribution in [-0.2, 0) is 6.42 Å². The number of rotatable bonds is 7. The average molecular weight is 273 g/mol. The van der Waals surface area contributed by atoms with E-state index in [-0.39, 0.29) is 0 Å². The normalized spacial score (nSPS) is 21.6. The third kappa shape index (κ3) is 2.93. The molecule has 1 fully saturated rings. The molecular weight excluding hydrogens is 242 g/mol. The minimum Gasteiger partial charge on any atom is -0.314 e. The van der Waals surface area contributed by atoms with Gasteiger partial charge in [-0.2, -0.15) is 0 Å². The molecule has 0 radical (unpaired) electrons. The molecule has 1 N–H and O–H groups in total. The van der Waals surface area contributed by atoms with Crippen molar-refractivity contribution >= 4 is 0 Å². The summed E-state index contributed by atoms with van der Waals surface area (Å²) in [5.41, 5.74) is 2.43. The highest BCUT2D eigenvalue weighted by molar-refractivity contribution is 5.17. The molecule has 1 aromatic carbocycles. The van der Waals surface area contributed by atoms with Crippen LogP contribution in [0.2, 0.25) is 0 Å². The van der Waals surface area contributed by atoms with E-state index in [4.69, 9.17) is 0 Å². The van der Waals surface area contributed by atoms with E-state index in [0.717, 1.165) is 12.5 Å². The summed E-state index contributed by atoms with van der Waals surface area (Å²) in [6, 6.07) is 11.5. The first-order chi connectivity index (χ1) is 9.41. The second-order valence-electron chi connectivity index (χ2n) is 7.46. The molecule has 112 valence electrons. The standard InChI is InChI=1S/C19H31N/c1-6-20-16(17-18(2,3)19(17,4)5)14-10-13-15-11-8-7-9-12-15/h7-9,11-12,16-17,20H,6,10,13-14H2,1-5H3. The molecule has 1 aromatic rings. The van der Waals surface area contributed by atoms with E-state index in [2.05, 4.69) is 70.3 Å². The Hall–Kier alpha value is -0.820. The van der Waals surface area contributed by atoms with Crippen LogP contribution in [-0.4, -0.2) is 12.6 Å². The Kier molecular flexibility index (Phi) is 4.59. The number of hydrogen-bond acceptors (Lipinski definition) is 1. The third-order valence-corrected chi connectivity index (χ3v) is 5.82. The smallest absolute Gasteiger partial charge is 0.0106 e. The van der Waals surface area contributed by atoms with Crippen LogP contribution in [0.5, 0.6) is 0 Å². The van der Waals surface area contributed by atoms with Crippen molar-refractivity contribution in [3.63, 3.8) is 0 Å². The summed E-state index contributed by atoms with van der Waals surface area (Å²) in [5, 5.41) is 3.74. The molecule has 20 heavy (non-hydrogen) atoms. The topological polar surface area (TPSA) is 12.0 Å². The van der Waals surface area contributed by atoms with Crippen LogP contribution in [0.1, 0.15) is 53.0 Å². The molecule has 0 aromatic heterocycles. The van der Waals surface area contributed by atoms with Crippen molar-refractivity contribution in [2.45, 2.75) is 59.9 Å². The Morgan fingerprint density at radius 1 is 1.05 bits per heavy atom. The molecule has 1 heteroatoms. The number of aryl methyl sites for hydroxylation is 1. The van der Waals surface area contributed by atoms with Crippen molar-refractivity contribution in [3.8, 4) is 0 Å². The van der Waals surface area contributed by atoms with Crippen LogP contribution in [0.4, 0.5) is 0 Å². The lowest BCUT2D eigenvalue weighted by Crippen LogP contribution is -2.33. The van der Waals surface area contributed by atoms with E-state index in [9.17, 15) is 0 Å². The third-order valence-electron chi connectivity index (χ3n) is 5.82. The maximum atomic E-state index is 3.74. The van der Waals surface area contributed by atoms with Gasteiger partial charge in [-0.05, 0) is 48.1 Å². The molecule has 0 saturated heterocycles. The minimum absolute atomic E-state index is 0.479. The molecule has 1 atom stereocenters. The summed E-state index contributed by atoms with van der Waals surface area (Å²) in [4.78, 5) is 0. The van der Waals surface area contributed by atoms with Crippen molar-refractivity contribution in [3.05, 3.63) is 35.9 Å². The van der Waals surface area contributed by atoms with E-state index in [1.54, 1.807) is 0 Å². The summed E-state index contributed by atoms with van der Waals surface area (Å²) in [6.07, 6.45) is 3.78. The fourth-order valence-corrected chi connectivity index (χ4v) is 4.07. The van der Waals surface area contributed by atoms with Gasteiger partial charge in [0.05, 0.1) is 0 Å².